The van der Waals surface area contributed by atoms with Crippen molar-refractivity contribution in [2.24, 2.45) is 22.9 Å². The molecule has 1 aliphatic carbocycles. The number of aliphatic hydroxyl groups is 8. The van der Waals surface area contributed by atoms with Gasteiger partial charge in [0.15, 0.2) is 24.5 Å². The summed E-state index contributed by atoms with van der Waals surface area (Å²) < 4.78 is 35.8. The maximum atomic E-state index is 12.9. The smallest absolute Gasteiger partial charge is 0.254 e. The number of amides is 1. The number of hydrogen-bond acceptors (Lipinski definition) is 21. The van der Waals surface area contributed by atoms with Gasteiger partial charge in [0.2, 0.25) is 0 Å². The Balaban J connectivity index is 1.33. The normalized spacial score (nSPS) is 45.3. The van der Waals surface area contributed by atoms with Gasteiger partial charge in [-0.15, -0.1) is 0 Å². The molecule has 4 aliphatic heterocycles. The molecule has 0 aromatic carbocycles. The second-order valence-electron chi connectivity index (χ2n) is 14.0. The van der Waals surface area contributed by atoms with Crippen molar-refractivity contribution in [1.29, 1.82) is 0 Å². The third-order valence-corrected chi connectivity index (χ3v) is 10.0. The zero-order chi connectivity index (χ0) is 37.9. The quantitative estimate of drug-likeness (QED) is 0.0690. The van der Waals surface area contributed by atoms with Crippen molar-refractivity contribution in [3.05, 3.63) is 12.2 Å². The Labute approximate surface area is 299 Å². The molecule has 1 unspecified atom stereocenters. The van der Waals surface area contributed by atoms with E-state index in [9.17, 15) is 40.5 Å². The van der Waals surface area contributed by atoms with Gasteiger partial charge < -0.3 is 108 Å². The van der Waals surface area contributed by atoms with Crippen LogP contribution in [0.4, 0.5) is 0 Å². The van der Waals surface area contributed by atoms with E-state index in [0.717, 1.165) is 0 Å². The Morgan fingerprint density at radius 2 is 1.56 bits per heavy atom. The average Bonchev–Trinajstić information content (AvgIpc) is 3.41. The van der Waals surface area contributed by atoms with Gasteiger partial charge in [0.05, 0.1) is 43.5 Å². The van der Waals surface area contributed by atoms with E-state index in [2.05, 4.69) is 16.0 Å². The minimum Gasteiger partial charge on any atom is -0.394 e. The maximum absolute atomic E-state index is 12.9. The molecule has 300 valence electrons. The predicted octanol–water partition coefficient (Wildman–Crippen LogP) is -9.59. The predicted molar refractivity (Wildman–Crippen MR) is 174 cm³/mol. The van der Waals surface area contributed by atoms with Crippen molar-refractivity contribution in [3.63, 3.8) is 0 Å². The van der Waals surface area contributed by atoms with Crippen molar-refractivity contribution < 1.29 is 74.1 Å². The van der Waals surface area contributed by atoms with Crippen molar-refractivity contribution in [2.75, 3.05) is 45.9 Å². The average molecular weight is 754 g/mol. The van der Waals surface area contributed by atoms with Gasteiger partial charge in [-0.05, 0) is 6.42 Å². The molecule has 0 radical (unpaired) electrons. The first-order valence-electron chi connectivity index (χ1n) is 17.4. The fourth-order valence-corrected chi connectivity index (χ4v) is 6.75. The lowest BCUT2D eigenvalue weighted by Crippen LogP contribution is -2.71. The lowest BCUT2D eigenvalue weighted by atomic mass is 9.83. The van der Waals surface area contributed by atoms with Crippen molar-refractivity contribution >= 4 is 5.91 Å². The van der Waals surface area contributed by atoms with E-state index in [1.165, 1.54) is 0 Å². The van der Waals surface area contributed by atoms with Gasteiger partial charge in [-0.1, -0.05) is 12.2 Å². The summed E-state index contributed by atoms with van der Waals surface area (Å²) in [5, 5.41) is 91.6. The summed E-state index contributed by atoms with van der Waals surface area (Å²) >= 11 is 0. The number of carbonyl (C=O) groups is 1. The summed E-state index contributed by atoms with van der Waals surface area (Å²) in [5.41, 5.74) is 22.9. The highest BCUT2D eigenvalue weighted by Crippen LogP contribution is 2.34. The van der Waals surface area contributed by atoms with Gasteiger partial charge in [-0.3, -0.25) is 4.79 Å². The number of ether oxygens (including phenoxy) is 6. The van der Waals surface area contributed by atoms with Crippen LogP contribution in [-0.2, 0) is 33.2 Å². The summed E-state index contributed by atoms with van der Waals surface area (Å²) in [5.74, 6) is -0.747. The van der Waals surface area contributed by atoms with E-state index in [-0.39, 0.29) is 39.1 Å². The highest BCUT2D eigenvalue weighted by atomic mass is 16.8. The Morgan fingerprint density at radius 1 is 0.885 bits per heavy atom. The highest BCUT2D eigenvalue weighted by molar-refractivity contribution is 5.87. The number of hydrogen-bond donors (Lipinski definition) is 15. The SMILES string of the molecule is NC[C@@H]1O[C@H](O[C@H]2[C@@H](O)[C@H](O[C@@H]3[C@@H](O)[C@H](NC(=O)C4(O)CNC4)C[C@H](N)[C@H]3O[C@H]3O[C@H](CNCC(O)CO)C=C[C@H]3N)O[C@@H]2CO)[C@H](N)[C@@H](O)[C@@H]1O. The lowest BCUT2D eigenvalue weighted by molar-refractivity contribution is -0.284. The molecule has 4 fully saturated rings. The monoisotopic (exact) mass is 753 g/mol. The van der Waals surface area contributed by atoms with Crippen LogP contribution in [0, 0.1) is 0 Å². The zero-order valence-corrected chi connectivity index (χ0v) is 28.4. The van der Waals surface area contributed by atoms with E-state index in [4.69, 9.17) is 56.5 Å². The highest BCUT2D eigenvalue weighted by Gasteiger charge is 2.55. The summed E-state index contributed by atoms with van der Waals surface area (Å²) in [4.78, 5) is 12.9. The molecule has 0 spiro atoms. The molecule has 0 bridgehead atoms. The molecule has 18 atom stereocenters. The molecule has 0 aromatic rings. The van der Waals surface area contributed by atoms with Crippen LogP contribution in [0.5, 0.6) is 0 Å². The van der Waals surface area contributed by atoms with Crippen LogP contribution in [0.15, 0.2) is 12.2 Å². The summed E-state index contributed by atoms with van der Waals surface area (Å²) in [6.45, 7) is -0.995. The number of carbonyl (C=O) groups excluding carboxylic acids is 1. The van der Waals surface area contributed by atoms with Crippen LogP contribution >= 0.6 is 0 Å². The van der Waals surface area contributed by atoms with Gasteiger partial charge in [0.1, 0.15) is 54.9 Å². The van der Waals surface area contributed by atoms with E-state index >= 15 is 0 Å². The van der Waals surface area contributed by atoms with Gasteiger partial charge >= 0.3 is 0 Å². The summed E-state index contributed by atoms with van der Waals surface area (Å²) in [6.07, 6.45) is -14.9. The van der Waals surface area contributed by atoms with Crippen LogP contribution < -0.4 is 38.9 Å². The Bertz CT molecular complexity index is 1190. The number of aliphatic hydroxyl groups excluding tert-OH is 7. The molecule has 5 rings (SSSR count). The topological polar surface area (TPSA) is 374 Å². The third kappa shape index (κ3) is 9.09. The van der Waals surface area contributed by atoms with Gasteiger partial charge in [0, 0.05) is 38.8 Å². The molecule has 52 heavy (non-hydrogen) atoms. The zero-order valence-electron chi connectivity index (χ0n) is 28.4. The van der Waals surface area contributed by atoms with Crippen LogP contribution in [0.3, 0.4) is 0 Å². The van der Waals surface area contributed by atoms with E-state index < -0.39 is 135 Å². The summed E-state index contributed by atoms with van der Waals surface area (Å²) in [6, 6.07) is -4.11. The minimum atomic E-state index is -1.70. The molecule has 22 heteroatoms. The van der Waals surface area contributed by atoms with Gasteiger partial charge in [-0.25, -0.2) is 0 Å². The second-order valence-corrected chi connectivity index (χ2v) is 14.0. The third-order valence-electron chi connectivity index (χ3n) is 10.0. The number of nitrogens with one attached hydrogen (secondary N) is 3. The first-order valence-corrected chi connectivity index (χ1v) is 17.4. The minimum absolute atomic E-state index is 0.00119. The molecule has 4 heterocycles. The molecule has 1 amide bonds. The first kappa shape index (κ1) is 41.6. The van der Waals surface area contributed by atoms with E-state index in [1.807, 2.05) is 0 Å². The Hall–Kier alpha value is -1.59. The Kier molecular flexibility index (Phi) is 14.3. The van der Waals surface area contributed by atoms with Crippen molar-refractivity contribution in [2.45, 2.75) is 122 Å². The van der Waals surface area contributed by atoms with Crippen molar-refractivity contribution in [3.8, 4) is 0 Å². The largest absolute Gasteiger partial charge is 0.394 e. The molecule has 19 N–H and O–H groups in total. The molecular weight excluding hydrogens is 698 g/mol. The van der Waals surface area contributed by atoms with Gasteiger partial charge in [0.25, 0.3) is 5.91 Å². The molecule has 3 saturated heterocycles. The first-order chi connectivity index (χ1) is 24.7. The molecular formula is C30H55N7O15. The number of rotatable bonds is 15. The van der Waals surface area contributed by atoms with Crippen LogP contribution in [-0.4, -0.2) is 208 Å². The maximum Gasteiger partial charge on any atom is 0.254 e. The van der Waals surface area contributed by atoms with Gasteiger partial charge in [-0.2, -0.15) is 0 Å². The standard InChI is InChI=1S/C30H55N7O15/c31-4-16-20(42)21(43)18(34)27(48-16)51-24-17(8-39)49-28(22(24)44)52-25-19(41)15(37-29(45)30(46)9-36-10-30)3-14(33)23(25)50-26-13(32)2-1-12(47-26)6-35-5-11(40)7-38/h1-2,11-28,35-36,38-44,46H,3-10,31-34H2,(H,37,45)/t11?,12-,13+,14-,15+,16-,17+,18+,19-,20+,21+,22+,23+,24+,25+,26+,27+,28-/m0/s1. The number of nitrogens with two attached hydrogens (primary N) is 4. The van der Waals surface area contributed by atoms with Crippen LogP contribution in [0.25, 0.3) is 0 Å². The molecule has 1 saturated carbocycles. The van der Waals surface area contributed by atoms with Crippen LogP contribution in [0.1, 0.15) is 6.42 Å². The fourth-order valence-electron chi connectivity index (χ4n) is 6.75. The summed E-state index contributed by atoms with van der Waals surface area (Å²) in [7, 11) is 0. The van der Waals surface area contributed by atoms with E-state index in [1.54, 1.807) is 12.2 Å². The van der Waals surface area contributed by atoms with E-state index in [0.29, 0.717) is 0 Å². The molecule has 5 aliphatic rings. The number of β-amino-alcohol motifs (C(OH)–C–C–N with tert-alkyl or cyclic N) is 1. The Morgan fingerprint density at radius 3 is 2.19 bits per heavy atom. The molecule has 22 nitrogen and oxygen atoms in total. The van der Waals surface area contributed by atoms with Crippen molar-refractivity contribution in [1.82, 2.24) is 16.0 Å². The second kappa shape index (κ2) is 17.9. The molecule has 0 aromatic heterocycles. The van der Waals surface area contributed by atoms with Crippen LogP contribution in [0.2, 0.25) is 0 Å². The lowest BCUT2D eigenvalue weighted by Gasteiger charge is -2.47. The fraction of sp³-hybridized carbons (Fsp3) is 0.900.